The topological polar surface area (TPSA) is 100 Å². The lowest BCUT2D eigenvalue weighted by molar-refractivity contribution is -0.155. The van der Waals surface area contributed by atoms with Crippen molar-refractivity contribution in [2.75, 3.05) is 0 Å². The molecule has 1 atom stereocenters. The summed E-state index contributed by atoms with van der Waals surface area (Å²) in [6.07, 6.45) is 0.555. The Kier molecular flexibility index (Phi) is 7.73. The van der Waals surface area contributed by atoms with Crippen LogP contribution in [-0.2, 0) is 16.8 Å². The average Bonchev–Trinajstić information content (AvgIpc) is 3.21. The van der Waals surface area contributed by atoms with E-state index in [1.165, 1.54) is 12.1 Å². The molecule has 10 heteroatoms. The molecule has 184 valence electrons. The zero-order valence-electron chi connectivity index (χ0n) is 19.2. The molecule has 0 aliphatic rings. The Morgan fingerprint density at radius 3 is 2.14 bits per heavy atom. The van der Waals surface area contributed by atoms with Crippen LogP contribution in [0.5, 0.6) is 0 Å². The first-order chi connectivity index (χ1) is 17.1. The van der Waals surface area contributed by atoms with E-state index in [2.05, 4.69) is 9.97 Å². The largest absolute Gasteiger partial charge is 0.479 e. The number of aryl methyl sites for hydroxylation is 2. The minimum atomic E-state index is -2.14. The second kappa shape index (κ2) is 10.6. The van der Waals surface area contributed by atoms with E-state index in [-0.39, 0.29) is 9.62 Å². The molecule has 3 aromatic carbocycles. The van der Waals surface area contributed by atoms with Crippen LogP contribution in [0.2, 0.25) is 10.0 Å². The van der Waals surface area contributed by atoms with Crippen LogP contribution in [-0.4, -0.2) is 26.2 Å². The summed E-state index contributed by atoms with van der Waals surface area (Å²) in [4.78, 5) is 33.2. The number of nitrogens with zero attached hydrogens (tertiary/aromatic N) is 2. The molecule has 0 aliphatic carbocycles. The van der Waals surface area contributed by atoms with Crippen molar-refractivity contribution in [3.05, 3.63) is 102 Å². The van der Waals surface area contributed by atoms with Crippen LogP contribution in [0.4, 0.5) is 0 Å². The number of rotatable bonds is 4. The van der Waals surface area contributed by atoms with Gasteiger partial charge in [0, 0.05) is 15.6 Å². The van der Waals surface area contributed by atoms with Crippen LogP contribution in [0.1, 0.15) is 29.2 Å². The molecule has 36 heavy (non-hydrogen) atoms. The summed E-state index contributed by atoms with van der Waals surface area (Å²) >= 11 is 14.1. The van der Waals surface area contributed by atoms with Gasteiger partial charge in [0.05, 0.1) is 11.0 Å². The summed E-state index contributed by atoms with van der Waals surface area (Å²) in [6.45, 7) is 3.89. The first-order valence-electron chi connectivity index (χ1n) is 10.8. The van der Waals surface area contributed by atoms with Gasteiger partial charge in [0.2, 0.25) is 5.60 Å². The molecule has 0 saturated heterocycles. The Bertz CT molecular complexity index is 1630. The molecule has 0 bridgehead atoms. The number of hydrogen-bond acceptors (Lipinski definition) is 7. The second-order valence-corrected chi connectivity index (χ2v) is 11.0. The highest BCUT2D eigenvalue weighted by Gasteiger charge is 2.41. The monoisotopic (exact) mass is 558 g/mol. The summed E-state index contributed by atoms with van der Waals surface area (Å²) in [7, 11) is 0. The fourth-order valence-electron chi connectivity index (χ4n) is 3.74. The third kappa shape index (κ3) is 5.28. The van der Waals surface area contributed by atoms with E-state index in [1.807, 2.05) is 32.0 Å². The predicted octanol–water partition coefficient (Wildman–Crippen LogP) is 6.45. The summed E-state index contributed by atoms with van der Waals surface area (Å²) < 4.78 is 0.0528. The van der Waals surface area contributed by atoms with E-state index in [0.29, 0.717) is 27.6 Å². The minimum absolute atomic E-state index is 0.0528. The molecule has 2 N–H and O–H groups in total. The van der Waals surface area contributed by atoms with E-state index >= 15 is 0 Å². The molecule has 0 aliphatic heterocycles. The summed E-state index contributed by atoms with van der Waals surface area (Å²) in [5.41, 5.74) is 1.96. The van der Waals surface area contributed by atoms with Crippen LogP contribution in [0.3, 0.4) is 0 Å². The van der Waals surface area contributed by atoms with Gasteiger partial charge in [-0.3, -0.25) is 4.79 Å². The fraction of sp³-hybridized carbons (Fsp3) is 0.154. The number of carboxylic acids is 1. The summed E-state index contributed by atoms with van der Waals surface area (Å²) in [5, 5.41) is 21.4. The minimum Gasteiger partial charge on any atom is -0.479 e. The van der Waals surface area contributed by atoms with Crippen molar-refractivity contribution in [2.24, 2.45) is 0 Å². The van der Waals surface area contributed by atoms with E-state index in [9.17, 15) is 19.8 Å². The van der Waals surface area contributed by atoms with Gasteiger partial charge in [-0.15, -0.1) is 0 Å². The van der Waals surface area contributed by atoms with E-state index < -0.39 is 11.6 Å². The quantitative estimate of drug-likeness (QED) is 0.263. The molecule has 0 fully saturated rings. The third-order valence-electron chi connectivity index (χ3n) is 5.53. The predicted molar refractivity (Wildman–Crippen MR) is 147 cm³/mol. The molecule has 0 amide bonds. The van der Waals surface area contributed by atoms with Gasteiger partial charge in [-0.2, -0.15) is 0 Å². The molecule has 2 aromatic heterocycles. The molecule has 6 nitrogen and oxygen atoms in total. The molecule has 1 unspecified atom stereocenters. The number of benzene rings is 3. The second-order valence-electron chi connectivity index (χ2n) is 7.96. The van der Waals surface area contributed by atoms with Gasteiger partial charge in [0.15, 0.2) is 9.66 Å². The van der Waals surface area contributed by atoms with Crippen molar-refractivity contribution >= 4 is 72.5 Å². The Morgan fingerprint density at radius 1 is 0.917 bits per heavy atom. The van der Waals surface area contributed by atoms with Gasteiger partial charge in [-0.05, 0) is 66.4 Å². The number of fused-ring (bicyclic) bond motifs is 2. The first-order valence-corrected chi connectivity index (χ1v) is 13.2. The van der Waals surface area contributed by atoms with Crippen molar-refractivity contribution in [3.8, 4) is 0 Å². The van der Waals surface area contributed by atoms with Crippen molar-refractivity contribution in [1.29, 1.82) is 0 Å². The van der Waals surface area contributed by atoms with Crippen LogP contribution < -0.4 is 4.06 Å². The number of carboxylic acid groups (broad SMARTS) is 1. The third-order valence-corrected chi connectivity index (χ3v) is 7.93. The number of halogens is 2. The molecular formula is C26H20Cl2N2O4S2. The maximum atomic E-state index is 11.7. The molecule has 5 rings (SSSR count). The number of aliphatic hydroxyl groups is 1. The van der Waals surface area contributed by atoms with Gasteiger partial charge in [0.25, 0.3) is 4.06 Å². The first kappa shape index (κ1) is 26.2. The van der Waals surface area contributed by atoms with Crippen LogP contribution in [0, 0.1) is 6.92 Å². The SMILES string of the molecule is CCc1cc(Cl)ccc1C(O)(C(=O)O)c1ccc(Cl)cc1.Cc1ccc2nc3sc(=O)sc3nc2c1. The van der Waals surface area contributed by atoms with Gasteiger partial charge >= 0.3 is 5.97 Å². The van der Waals surface area contributed by atoms with Gasteiger partial charge in [-0.1, -0.05) is 77.1 Å². The van der Waals surface area contributed by atoms with Crippen LogP contribution >= 0.6 is 45.9 Å². The molecule has 0 radical (unpaired) electrons. The van der Waals surface area contributed by atoms with Crippen LogP contribution in [0.15, 0.2) is 65.5 Å². The van der Waals surface area contributed by atoms with E-state index in [1.54, 1.807) is 30.3 Å². The molecule has 0 spiro atoms. The average molecular weight is 559 g/mol. The number of carbonyl (C=O) groups is 1. The highest BCUT2D eigenvalue weighted by molar-refractivity contribution is 7.35. The highest BCUT2D eigenvalue weighted by atomic mass is 35.5. The van der Waals surface area contributed by atoms with Crippen molar-refractivity contribution in [1.82, 2.24) is 9.97 Å². The zero-order valence-corrected chi connectivity index (χ0v) is 22.3. The van der Waals surface area contributed by atoms with Crippen molar-refractivity contribution in [2.45, 2.75) is 25.9 Å². The number of aromatic nitrogens is 2. The highest BCUT2D eigenvalue weighted by Crippen LogP contribution is 2.34. The van der Waals surface area contributed by atoms with Gasteiger partial charge < -0.3 is 10.2 Å². The maximum Gasteiger partial charge on any atom is 0.345 e. The van der Waals surface area contributed by atoms with Crippen LogP contribution in [0.25, 0.3) is 20.7 Å². The lowest BCUT2D eigenvalue weighted by atomic mass is 9.83. The lowest BCUT2D eigenvalue weighted by Crippen LogP contribution is -2.37. The standard InChI is InChI=1S/C16H14Cl2O3.C10H6N2OS2/c1-2-10-9-13(18)7-8-14(10)16(21,15(19)20)11-3-5-12(17)6-4-11;1-5-2-3-6-7(4-5)12-9-8(11-6)14-10(13)15-9/h3-9,21H,2H2,1H3,(H,19,20);2-4H,1H3. The Balaban J connectivity index is 0.000000178. The molecule has 2 heterocycles. The molecular weight excluding hydrogens is 539 g/mol. The van der Waals surface area contributed by atoms with E-state index in [4.69, 9.17) is 23.2 Å². The van der Waals surface area contributed by atoms with Crippen molar-refractivity contribution in [3.63, 3.8) is 0 Å². The smallest absolute Gasteiger partial charge is 0.345 e. The lowest BCUT2D eigenvalue weighted by Gasteiger charge is -2.27. The Hall–Kier alpha value is -2.88. The van der Waals surface area contributed by atoms with E-state index in [0.717, 1.165) is 48.9 Å². The molecule has 0 saturated carbocycles. The fourth-order valence-corrected chi connectivity index (χ4v) is 5.82. The maximum absolute atomic E-state index is 11.7. The zero-order chi connectivity index (χ0) is 26.0. The van der Waals surface area contributed by atoms with Gasteiger partial charge in [-0.25, -0.2) is 14.8 Å². The normalized spacial score (nSPS) is 12.7. The Labute approximate surface area is 224 Å². The number of aliphatic carboxylic acids is 1. The van der Waals surface area contributed by atoms with Crippen molar-refractivity contribution < 1.29 is 15.0 Å². The summed E-state index contributed by atoms with van der Waals surface area (Å²) in [6, 6.07) is 16.8. The number of hydrogen-bond donors (Lipinski definition) is 2. The van der Waals surface area contributed by atoms with Gasteiger partial charge in [0.1, 0.15) is 0 Å². The molecule has 5 aromatic rings. The Morgan fingerprint density at radius 2 is 1.53 bits per heavy atom. The summed E-state index contributed by atoms with van der Waals surface area (Å²) in [5.74, 6) is -1.35.